The summed E-state index contributed by atoms with van der Waals surface area (Å²) in [5.41, 5.74) is 5.45. The highest BCUT2D eigenvalue weighted by Gasteiger charge is 2.12. The van der Waals surface area contributed by atoms with Crippen molar-refractivity contribution in [2.24, 2.45) is 0 Å². The van der Waals surface area contributed by atoms with Crippen molar-refractivity contribution in [1.29, 1.82) is 0 Å². The minimum atomic E-state index is -0.0508. The van der Waals surface area contributed by atoms with E-state index < -0.39 is 0 Å². The van der Waals surface area contributed by atoms with Crippen LogP contribution in [-0.4, -0.2) is 17.4 Å². The second-order valence-corrected chi connectivity index (χ2v) is 5.96. The van der Waals surface area contributed by atoms with Gasteiger partial charge in [0, 0.05) is 17.1 Å². The molecular weight excluding hydrogens is 282 g/mol. The van der Waals surface area contributed by atoms with Crippen molar-refractivity contribution < 1.29 is 4.79 Å². The molecule has 2 N–H and O–H groups in total. The van der Waals surface area contributed by atoms with Crippen molar-refractivity contribution in [1.82, 2.24) is 10.3 Å². The van der Waals surface area contributed by atoms with Crippen LogP contribution in [0.3, 0.4) is 0 Å². The molecule has 0 unspecified atom stereocenters. The average Bonchev–Trinajstić information content (AvgIpc) is 2.88. The highest BCUT2D eigenvalue weighted by Crippen LogP contribution is 2.18. The number of hydrogen-bond acceptors (Lipinski definition) is 4. The number of aryl methyl sites for hydroxylation is 2. The molecular formula is C16H21N3OS. The van der Waals surface area contributed by atoms with E-state index in [2.05, 4.69) is 22.5 Å². The zero-order valence-corrected chi connectivity index (χ0v) is 13.5. The fourth-order valence-electron chi connectivity index (χ4n) is 2.01. The first-order valence-corrected chi connectivity index (χ1v) is 8.01. The summed E-state index contributed by atoms with van der Waals surface area (Å²) in [7, 11) is 0. The van der Waals surface area contributed by atoms with Crippen LogP contribution in [0.15, 0.2) is 23.7 Å². The number of aromatic nitrogens is 1. The summed E-state index contributed by atoms with van der Waals surface area (Å²) in [6.45, 7) is 7.44. The molecule has 112 valence electrons. The van der Waals surface area contributed by atoms with Gasteiger partial charge in [-0.1, -0.05) is 18.6 Å². The third-order valence-electron chi connectivity index (χ3n) is 3.24. The highest BCUT2D eigenvalue weighted by atomic mass is 32.1. The molecule has 1 heterocycles. The van der Waals surface area contributed by atoms with Crippen LogP contribution in [0.1, 0.15) is 39.8 Å². The van der Waals surface area contributed by atoms with Gasteiger partial charge in [0.15, 0.2) is 0 Å². The lowest BCUT2D eigenvalue weighted by atomic mass is 10.1. The van der Waals surface area contributed by atoms with Crippen LogP contribution in [-0.2, 0) is 6.54 Å². The van der Waals surface area contributed by atoms with Gasteiger partial charge in [0.25, 0.3) is 5.91 Å². The summed E-state index contributed by atoms with van der Waals surface area (Å²) < 4.78 is 0. The van der Waals surface area contributed by atoms with E-state index in [4.69, 9.17) is 0 Å². The number of amides is 1. The normalized spacial score (nSPS) is 10.4. The fraction of sp³-hybridized carbons (Fsp3) is 0.375. The molecule has 4 nitrogen and oxygen atoms in total. The molecule has 0 atom stereocenters. The number of hydrogen-bond donors (Lipinski definition) is 2. The van der Waals surface area contributed by atoms with Crippen molar-refractivity contribution >= 4 is 22.9 Å². The molecule has 21 heavy (non-hydrogen) atoms. The monoisotopic (exact) mass is 303 g/mol. The summed E-state index contributed by atoms with van der Waals surface area (Å²) >= 11 is 1.57. The Morgan fingerprint density at radius 2 is 2.14 bits per heavy atom. The van der Waals surface area contributed by atoms with Crippen LogP contribution in [0.5, 0.6) is 0 Å². The highest BCUT2D eigenvalue weighted by molar-refractivity contribution is 7.09. The first-order chi connectivity index (χ1) is 10.1. The Morgan fingerprint density at radius 3 is 2.81 bits per heavy atom. The van der Waals surface area contributed by atoms with Gasteiger partial charge in [0.1, 0.15) is 0 Å². The molecule has 0 aliphatic heterocycles. The topological polar surface area (TPSA) is 54.0 Å². The first-order valence-electron chi connectivity index (χ1n) is 7.13. The molecule has 0 bridgehead atoms. The largest absolute Gasteiger partial charge is 0.384 e. The number of carbonyl (C=O) groups excluding carboxylic acids is 1. The van der Waals surface area contributed by atoms with E-state index in [1.807, 2.05) is 32.0 Å². The van der Waals surface area contributed by atoms with E-state index >= 15 is 0 Å². The van der Waals surface area contributed by atoms with E-state index in [1.165, 1.54) is 0 Å². The van der Waals surface area contributed by atoms with Gasteiger partial charge in [-0.2, -0.15) is 0 Å². The van der Waals surface area contributed by atoms with Gasteiger partial charge in [-0.05, 0) is 32.4 Å². The molecule has 5 heteroatoms. The Kier molecular flexibility index (Phi) is 5.33. The molecule has 0 aliphatic carbocycles. The van der Waals surface area contributed by atoms with Crippen LogP contribution in [0.2, 0.25) is 0 Å². The molecule has 0 radical (unpaired) electrons. The van der Waals surface area contributed by atoms with E-state index in [9.17, 15) is 4.79 Å². The molecule has 1 aromatic carbocycles. The first kappa shape index (κ1) is 15.5. The molecule has 1 aromatic heterocycles. The zero-order chi connectivity index (χ0) is 15.2. The maximum absolute atomic E-state index is 12.4. The van der Waals surface area contributed by atoms with Crippen molar-refractivity contribution in [3.63, 3.8) is 0 Å². The zero-order valence-electron chi connectivity index (χ0n) is 12.7. The fourth-order valence-corrected chi connectivity index (χ4v) is 2.73. The lowest BCUT2D eigenvalue weighted by Crippen LogP contribution is -2.24. The van der Waals surface area contributed by atoms with Crippen LogP contribution in [0.25, 0.3) is 0 Å². The van der Waals surface area contributed by atoms with E-state index in [0.29, 0.717) is 12.1 Å². The van der Waals surface area contributed by atoms with Crippen LogP contribution in [0, 0.1) is 13.8 Å². The van der Waals surface area contributed by atoms with Gasteiger partial charge in [0.2, 0.25) is 0 Å². The van der Waals surface area contributed by atoms with Crippen molar-refractivity contribution in [2.45, 2.75) is 33.7 Å². The number of nitrogens with zero attached hydrogens (tertiary/aromatic N) is 1. The number of benzene rings is 1. The van der Waals surface area contributed by atoms with Gasteiger partial charge in [-0.3, -0.25) is 4.79 Å². The van der Waals surface area contributed by atoms with Crippen molar-refractivity contribution in [3.05, 3.63) is 45.4 Å². The van der Waals surface area contributed by atoms with Gasteiger partial charge < -0.3 is 10.6 Å². The predicted octanol–water partition coefficient (Wildman–Crippen LogP) is 3.51. The van der Waals surface area contributed by atoms with Crippen molar-refractivity contribution in [3.8, 4) is 0 Å². The summed E-state index contributed by atoms with van der Waals surface area (Å²) in [5, 5.41) is 6.28. The number of anilines is 1. The van der Waals surface area contributed by atoms with Gasteiger partial charge in [-0.25, -0.2) is 4.98 Å². The Morgan fingerprint density at radius 1 is 1.33 bits per heavy atom. The smallest absolute Gasteiger partial charge is 0.253 e. The minimum Gasteiger partial charge on any atom is -0.384 e. The lowest BCUT2D eigenvalue weighted by molar-refractivity contribution is 0.0952. The van der Waals surface area contributed by atoms with Gasteiger partial charge >= 0.3 is 0 Å². The van der Waals surface area contributed by atoms with E-state index in [-0.39, 0.29) is 5.91 Å². The number of carbonyl (C=O) groups is 1. The third-order valence-corrected chi connectivity index (χ3v) is 4.17. The Bertz CT molecular complexity index is 622. The molecule has 0 spiro atoms. The standard InChI is InChI=1S/C16H21N3OS/c1-4-7-17-14-6-5-11(2)8-13(14)16(20)18-9-15-12(3)19-10-21-15/h5-6,8,10,17H,4,7,9H2,1-3H3,(H,18,20). The molecule has 0 saturated heterocycles. The Labute approximate surface area is 129 Å². The minimum absolute atomic E-state index is 0.0508. The molecule has 0 saturated carbocycles. The SMILES string of the molecule is CCCNc1ccc(C)cc1C(=O)NCc1scnc1C. The van der Waals surface area contributed by atoms with Gasteiger partial charge in [0.05, 0.1) is 23.3 Å². The maximum atomic E-state index is 12.4. The van der Waals surface area contributed by atoms with E-state index in [0.717, 1.165) is 34.8 Å². The maximum Gasteiger partial charge on any atom is 0.253 e. The molecule has 0 aliphatic rings. The predicted molar refractivity (Wildman–Crippen MR) is 88.0 cm³/mol. The molecule has 1 amide bonds. The Hall–Kier alpha value is -1.88. The van der Waals surface area contributed by atoms with Crippen LogP contribution < -0.4 is 10.6 Å². The van der Waals surface area contributed by atoms with E-state index in [1.54, 1.807) is 16.8 Å². The molecule has 2 aromatic rings. The molecule has 0 fully saturated rings. The number of rotatable bonds is 6. The lowest BCUT2D eigenvalue weighted by Gasteiger charge is -2.12. The Balaban J connectivity index is 2.10. The summed E-state index contributed by atoms with van der Waals surface area (Å²) in [6.07, 6.45) is 1.02. The van der Waals surface area contributed by atoms with Crippen molar-refractivity contribution in [2.75, 3.05) is 11.9 Å². The number of thiazole rings is 1. The average molecular weight is 303 g/mol. The van der Waals surface area contributed by atoms with Crippen LogP contribution in [0.4, 0.5) is 5.69 Å². The summed E-state index contributed by atoms with van der Waals surface area (Å²) in [4.78, 5) is 17.7. The second kappa shape index (κ2) is 7.22. The number of nitrogens with one attached hydrogen (secondary N) is 2. The van der Waals surface area contributed by atoms with Crippen LogP contribution >= 0.6 is 11.3 Å². The van der Waals surface area contributed by atoms with Gasteiger partial charge in [-0.15, -0.1) is 11.3 Å². The third kappa shape index (κ3) is 4.04. The summed E-state index contributed by atoms with van der Waals surface area (Å²) in [5.74, 6) is -0.0508. The quantitative estimate of drug-likeness (QED) is 0.858. The second-order valence-electron chi connectivity index (χ2n) is 5.02. The molecule has 2 rings (SSSR count). The summed E-state index contributed by atoms with van der Waals surface area (Å²) in [6, 6.07) is 5.91.